The molecule has 1 rings (SSSR count). The first kappa shape index (κ1) is 13.4. The Kier molecular flexibility index (Phi) is 5.18. The molecular weight excluding hydrogens is 204 g/mol. The second kappa shape index (κ2) is 6.18. The SMILES string of the molecule is CN(C)CCCNC1(C(N)=O)CCNCC1. The van der Waals surface area contributed by atoms with Crippen molar-refractivity contribution < 1.29 is 4.79 Å². The number of carbonyl (C=O) groups excluding carboxylic acids is 1. The van der Waals surface area contributed by atoms with E-state index in [9.17, 15) is 4.79 Å². The molecule has 1 heterocycles. The van der Waals surface area contributed by atoms with Gasteiger partial charge in [0.1, 0.15) is 5.54 Å². The zero-order chi connectivity index (χ0) is 12.0. The van der Waals surface area contributed by atoms with Crippen molar-refractivity contribution in [2.45, 2.75) is 24.8 Å². The lowest BCUT2D eigenvalue weighted by molar-refractivity contribution is -0.125. The summed E-state index contributed by atoms with van der Waals surface area (Å²) < 4.78 is 0. The minimum absolute atomic E-state index is 0.209. The molecule has 1 aliphatic rings. The molecule has 16 heavy (non-hydrogen) atoms. The summed E-state index contributed by atoms with van der Waals surface area (Å²) in [6, 6.07) is 0. The van der Waals surface area contributed by atoms with Crippen LogP contribution in [-0.2, 0) is 4.79 Å². The second-order valence-corrected chi connectivity index (χ2v) is 4.78. The van der Waals surface area contributed by atoms with Gasteiger partial charge in [-0.1, -0.05) is 0 Å². The number of nitrogens with two attached hydrogens (primary N) is 1. The lowest BCUT2D eigenvalue weighted by Gasteiger charge is -2.35. The van der Waals surface area contributed by atoms with Crippen molar-refractivity contribution in [2.24, 2.45) is 5.73 Å². The number of carbonyl (C=O) groups is 1. The van der Waals surface area contributed by atoms with Crippen LogP contribution in [0.4, 0.5) is 0 Å². The summed E-state index contributed by atoms with van der Waals surface area (Å²) in [6.45, 7) is 3.61. The molecule has 0 unspecified atom stereocenters. The Labute approximate surface area is 97.7 Å². The number of piperidine rings is 1. The van der Waals surface area contributed by atoms with Crippen molar-refractivity contribution in [3.63, 3.8) is 0 Å². The number of primary amides is 1. The molecule has 0 saturated carbocycles. The number of rotatable bonds is 6. The normalized spacial score (nSPS) is 19.9. The van der Waals surface area contributed by atoms with Crippen molar-refractivity contribution in [3.8, 4) is 0 Å². The Morgan fingerprint density at radius 3 is 2.56 bits per heavy atom. The molecule has 0 atom stereocenters. The highest BCUT2D eigenvalue weighted by molar-refractivity contribution is 5.84. The Hall–Kier alpha value is -0.650. The third-order valence-electron chi connectivity index (χ3n) is 3.17. The highest BCUT2D eigenvalue weighted by atomic mass is 16.1. The van der Waals surface area contributed by atoms with Gasteiger partial charge in [0.25, 0.3) is 0 Å². The molecule has 1 amide bonds. The van der Waals surface area contributed by atoms with Crippen LogP contribution in [-0.4, -0.2) is 56.6 Å². The molecule has 1 aliphatic heterocycles. The monoisotopic (exact) mass is 228 g/mol. The average molecular weight is 228 g/mol. The van der Waals surface area contributed by atoms with Gasteiger partial charge in [0, 0.05) is 0 Å². The van der Waals surface area contributed by atoms with Crippen molar-refractivity contribution >= 4 is 5.91 Å². The maximum atomic E-state index is 11.5. The van der Waals surface area contributed by atoms with Gasteiger partial charge >= 0.3 is 0 Å². The van der Waals surface area contributed by atoms with Crippen molar-refractivity contribution in [1.29, 1.82) is 0 Å². The van der Waals surface area contributed by atoms with E-state index < -0.39 is 5.54 Å². The fraction of sp³-hybridized carbons (Fsp3) is 0.909. The summed E-state index contributed by atoms with van der Waals surface area (Å²) in [6.07, 6.45) is 2.63. The van der Waals surface area contributed by atoms with Crippen LogP contribution in [0.2, 0.25) is 0 Å². The zero-order valence-corrected chi connectivity index (χ0v) is 10.4. The fourth-order valence-electron chi connectivity index (χ4n) is 2.09. The molecular formula is C11H24N4O. The van der Waals surface area contributed by atoms with Crippen LogP contribution in [0.15, 0.2) is 0 Å². The molecule has 5 heteroatoms. The quantitative estimate of drug-likeness (QED) is 0.517. The van der Waals surface area contributed by atoms with Crippen LogP contribution in [0.1, 0.15) is 19.3 Å². The van der Waals surface area contributed by atoms with Crippen LogP contribution < -0.4 is 16.4 Å². The van der Waals surface area contributed by atoms with E-state index in [0.29, 0.717) is 0 Å². The maximum Gasteiger partial charge on any atom is 0.237 e. The van der Waals surface area contributed by atoms with Gasteiger partial charge < -0.3 is 21.3 Å². The molecule has 0 aromatic heterocycles. The predicted molar refractivity (Wildman–Crippen MR) is 65.2 cm³/mol. The summed E-state index contributed by atoms with van der Waals surface area (Å²) in [7, 11) is 4.10. The fourth-order valence-corrected chi connectivity index (χ4v) is 2.09. The summed E-state index contributed by atoms with van der Waals surface area (Å²) in [5.41, 5.74) is 5.03. The first-order valence-corrected chi connectivity index (χ1v) is 5.97. The number of hydrogen-bond donors (Lipinski definition) is 3. The van der Waals surface area contributed by atoms with E-state index in [0.717, 1.165) is 45.4 Å². The van der Waals surface area contributed by atoms with Crippen LogP contribution in [0.5, 0.6) is 0 Å². The molecule has 0 aromatic rings. The van der Waals surface area contributed by atoms with E-state index in [1.54, 1.807) is 0 Å². The third kappa shape index (κ3) is 3.73. The number of amides is 1. The Balaban J connectivity index is 2.36. The first-order valence-electron chi connectivity index (χ1n) is 5.97. The van der Waals surface area contributed by atoms with E-state index in [2.05, 4.69) is 15.5 Å². The first-order chi connectivity index (χ1) is 7.57. The third-order valence-corrected chi connectivity index (χ3v) is 3.17. The molecule has 5 nitrogen and oxygen atoms in total. The highest BCUT2D eigenvalue weighted by Gasteiger charge is 2.36. The van der Waals surface area contributed by atoms with Crippen molar-refractivity contribution in [3.05, 3.63) is 0 Å². The summed E-state index contributed by atoms with van der Waals surface area (Å²) in [4.78, 5) is 13.7. The van der Waals surface area contributed by atoms with Gasteiger partial charge in [-0.15, -0.1) is 0 Å². The lowest BCUT2D eigenvalue weighted by Crippen LogP contribution is -2.60. The van der Waals surface area contributed by atoms with E-state index in [1.165, 1.54) is 0 Å². The van der Waals surface area contributed by atoms with Gasteiger partial charge in [-0.25, -0.2) is 0 Å². The van der Waals surface area contributed by atoms with Gasteiger partial charge in [0.2, 0.25) is 5.91 Å². The molecule has 0 aliphatic carbocycles. The van der Waals surface area contributed by atoms with E-state index in [1.807, 2.05) is 14.1 Å². The molecule has 0 spiro atoms. The van der Waals surface area contributed by atoms with E-state index in [-0.39, 0.29) is 5.91 Å². The second-order valence-electron chi connectivity index (χ2n) is 4.78. The molecule has 0 bridgehead atoms. The van der Waals surface area contributed by atoms with Crippen molar-refractivity contribution in [2.75, 3.05) is 40.3 Å². The molecule has 0 radical (unpaired) electrons. The topological polar surface area (TPSA) is 70.4 Å². The van der Waals surface area contributed by atoms with E-state index in [4.69, 9.17) is 5.73 Å². The summed E-state index contributed by atoms with van der Waals surface area (Å²) >= 11 is 0. The van der Waals surface area contributed by atoms with Gasteiger partial charge in [-0.3, -0.25) is 4.79 Å². The van der Waals surface area contributed by atoms with E-state index >= 15 is 0 Å². The summed E-state index contributed by atoms with van der Waals surface area (Å²) in [5, 5.41) is 6.60. The van der Waals surface area contributed by atoms with Gasteiger partial charge in [0.15, 0.2) is 0 Å². The Morgan fingerprint density at radius 2 is 2.06 bits per heavy atom. The minimum atomic E-state index is -0.475. The smallest absolute Gasteiger partial charge is 0.237 e. The van der Waals surface area contributed by atoms with Crippen LogP contribution in [0, 0.1) is 0 Å². The molecule has 94 valence electrons. The minimum Gasteiger partial charge on any atom is -0.368 e. The largest absolute Gasteiger partial charge is 0.368 e. The molecule has 1 saturated heterocycles. The van der Waals surface area contributed by atoms with Crippen LogP contribution in [0.3, 0.4) is 0 Å². The lowest BCUT2D eigenvalue weighted by atomic mass is 9.87. The molecule has 1 fully saturated rings. The Bertz CT molecular complexity index is 224. The van der Waals surface area contributed by atoms with Crippen molar-refractivity contribution in [1.82, 2.24) is 15.5 Å². The maximum absolute atomic E-state index is 11.5. The number of nitrogens with zero attached hydrogens (tertiary/aromatic N) is 1. The predicted octanol–water partition coefficient (Wildman–Crippen LogP) is -0.865. The average Bonchev–Trinajstić information content (AvgIpc) is 2.25. The zero-order valence-electron chi connectivity index (χ0n) is 10.4. The van der Waals surface area contributed by atoms with Gasteiger partial charge in [-0.2, -0.15) is 0 Å². The summed E-state index contributed by atoms with van der Waals surface area (Å²) in [5.74, 6) is -0.209. The van der Waals surface area contributed by atoms with Gasteiger partial charge in [0.05, 0.1) is 0 Å². The molecule has 0 aromatic carbocycles. The Morgan fingerprint density at radius 1 is 1.44 bits per heavy atom. The number of nitrogens with one attached hydrogen (secondary N) is 2. The van der Waals surface area contributed by atoms with Gasteiger partial charge in [-0.05, 0) is 59.5 Å². The standard InChI is InChI=1S/C11H24N4O/c1-15(2)9-3-6-14-11(10(12)16)4-7-13-8-5-11/h13-14H,3-9H2,1-2H3,(H2,12,16). The van der Waals surface area contributed by atoms with Crippen LogP contribution >= 0.6 is 0 Å². The number of hydrogen-bond acceptors (Lipinski definition) is 4. The molecule has 4 N–H and O–H groups in total. The highest BCUT2D eigenvalue weighted by Crippen LogP contribution is 2.17. The van der Waals surface area contributed by atoms with Crippen LogP contribution in [0.25, 0.3) is 0 Å².